The molecule has 1 aliphatic heterocycles. The van der Waals surface area contributed by atoms with Crippen LogP contribution in [-0.4, -0.2) is 45.7 Å². The summed E-state index contributed by atoms with van der Waals surface area (Å²) in [4.78, 5) is 0. The van der Waals surface area contributed by atoms with Crippen molar-refractivity contribution in [2.75, 3.05) is 31.3 Å². The molecule has 1 heterocycles. The average Bonchev–Trinajstić information content (AvgIpc) is 3.07. The Hall–Kier alpha value is -0.130. The van der Waals surface area contributed by atoms with Gasteiger partial charge in [0.15, 0.2) is 0 Å². The molecule has 18 heavy (non-hydrogen) atoms. The van der Waals surface area contributed by atoms with E-state index in [1.54, 1.807) is 6.92 Å². The Morgan fingerprint density at radius 2 is 2.17 bits per heavy atom. The zero-order chi connectivity index (χ0) is 13.1. The van der Waals surface area contributed by atoms with Gasteiger partial charge in [-0.2, -0.15) is 0 Å². The molecule has 2 fully saturated rings. The van der Waals surface area contributed by atoms with E-state index in [1.165, 1.54) is 12.8 Å². The van der Waals surface area contributed by atoms with Gasteiger partial charge in [0.25, 0.3) is 0 Å². The SMILES string of the molecule is CCS(=O)(=O)CCCC1(CNC2CC2)CCOC1. The molecule has 1 N–H and O–H groups in total. The van der Waals surface area contributed by atoms with Crippen LogP contribution in [0.3, 0.4) is 0 Å². The molecule has 1 unspecified atom stereocenters. The summed E-state index contributed by atoms with van der Waals surface area (Å²) in [5, 5.41) is 3.57. The second kappa shape index (κ2) is 5.88. The van der Waals surface area contributed by atoms with Gasteiger partial charge in [-0.15, -0.1) is 0 Å². The Balaban J connectivity index is 1.78. The third kappa shape index (κ3) is 4.21. The fourth-order valence-electron chi connectivity index (χ4n) is 2.53. The number of hydrogen-bond acceptors (Lipinski definition) is 4. The number of ether oxygens (including phenoxy) is 1. The minimum absolute atomic E-state index is 0.186. The summed E-state index contributed by atoms with van der Waals surface area (Å²) in [5.74, 6) is 0.589. The highest BCUT2D eigenvalue weighted by Gasteiger charge is 2.36. The van der Waals surface area contributed by atoms with Gasteiger partial charge in [0.1, 0.15) is 9.84 Å². The highest BCUT2D eigenvalue weighted by atomic mass is 32.2. The fraction of sp³-hybridized carbons (Fsp3) is 1.00. The molecule has 1 saturated carbocycles. The van der Waals surface area contributed by atoms with Gasteiger partial charge in [-0.3, -0.25) is 0 Å². The molecule has 0 radical (unpaired) electrons. The lowest BCUT2D eigenvalue weighted by atomic mass is 9.82. The quantitative estimate of drug-likeness (QED) is 0.727. The highest BCUT2D eigenvalue weighted by molar-refractivity contribution is 7.91. The van der Waals surface area contributed by atoms with E-state index in [1.807, 2.05) is 0 Å². The molecule has 0 amide bonds. The van der Waals surface area contributed by atoms with Crippen LogP contribution in [0, 0.1) is 5.41 Å². The zero-order valence-corrected chi connectivity index (χ0v) is 12.1. The monoisotopic (exact) mass is 275 g/mol. The van der Waals surface area contributed by atoms with E-state index in [0.29, 0.717) is 11.8 Å². The molecule has 1 saturated heterocycles. The van der Waals surface area contributed by atoms with Crippen LogP contribution in [0.4, 0.5) is 0 Å². The van der Waals surface area contributed by atoms with Crippen molar-refractivity contribution in [2.24, 2.45) is 5.41 Å². The molecule has 106 valence electrons. The average molecular weight is 275 g/mol. The van der Waals surface area contributed by atoms with Crippen molar-refractivity contribution in [3.8, 4) is 0 Å². The molecule has 2 aliphatic rings. The molecule has 0 bridgehead atoms. The molecule has 0 spiro atoms. The minimum Gasteiger partial charge on any atom is -0.381 e. The van der Waals surface area contributed by atoms with Gasteiger partial charge in [0.05, 0.1) is 12.4 Å². The molecule has 0 aromatic rings. The highest BCUT2D eigenvalue weighted by Crippen LogP contribution is 2.34. The van der Waals surface area contributed by atoms with Gasteiger partial charge in [-0.25, -0.2) is 8.42 Å². The minimum atomic E-state index is -2.82. The van der Waals surface area contributed by atoms with Crippen molar-refractivity contribution in [1.82, 2.24) is 5.32 Å². The molecule has 1 aliphatic carbocycles. The number of hydrogen-bond donors (Lipinski definition) is 1. The zero-order valence-electron chi connectivity index (χ0n) is 11.3. The first-order valence-electron chi connectivity index (χ1n) is 7.07. The Kier molecular flexibility index (Phi) is 4.67. The number of rotatable bonds is 8. The molecule has 1 atom stereocenters. The first-order valence-corrected chi connectivity index (χ1v) is 8.89. The van der Waals surface area contributed by atoms with Crippen LogP contribution in [0.5, 0.6) is 0 Å². The normalized spacial score (nSPS) is 28.7. The van der Waals surface area contributed by atoms with Crippen LogP contribution < -0.4 is 5.32 Å². The Morgan fingerprint density at radius 1 is 1.39 bits per heavy atom. The summed E-state index contributed by atoms with van der Waals surface area (Å²) < 4.78 is 28.5. The van der Waals surface area contributed by atoms with Crippen LogP contribution in [0.1, 0.15) is 39.0 Å². The summed E-state index contributed by atoms with van der Waals surface area (Å²) in [5.41, 5.74) is 0.186. The van der Waals surface area contributed by atoms with Gasteiger partial charge in [0, 0.05) is 30.4 Å². The smallest absolute Gasteiger partial charge is 0.150 e. The standard InChI is InChI=1S/C13H25NO3S/c1-2-18(15,16)9-3-6-13(7-8-17-11-13)10-14-12-4-5-12/h12,14H,2-11H2,1H3. The van der Waals surface area contributed by atoms with E-state index >= 15 is 0 Å². The third-order valence-electron chi connectivity index (χ3n) is 4.13. The summed E-state index contributed by atoms with van der Waals surface area (Å²) in [7, 11) is -2.82. The van der Waals surface area contributed by atoms with Crippen molar-refractivity contribution < 1.29 is 13.2 Å². The summed E-state index contributed by atoms with van der Waals surface area (Å²) in [6.45, 7) is 4.33. The van der Waals surface area contributed by atoms with Crippen molar-refractivity contribution in [3.05, 3.63) is 0 Å². The van der Waals surface area contributed by atoms with Crippen molar-refractivity contribution >= 4 is 9.84 Å². The second-order valence-electron chi connectivity index (χ2n) is 5.80. The molecule has 0 aromatic heterocycles. The van der Waals surface area contributed by atoms with Crippen LogP contribution in [0.2, 0.25) is 0 Å². The van der Waals surface area contributed by atoms with E-state index in [0.717, 1.165) is 39.0 Å². The predicted molar refractivity (Wildman–Crippen MR) is 72.5 cm³/mol. The largest absolute Gasteiger partial charge is 0.381 e. The summed E-state index contributed by atoms with van der Waals surface area (Å²) in [6, 6.07) is 0.710. The van der Waals surface area contributed by atoms with Crippen LogP contribution in [-0.2, 0) is 14.6 Å². The van der Waals surface area contributed by atoms with Gasteiger partial charge < -0.3 is 10.1 Å². The predicted octanol–water partition coefficient (Wildman–Crippen LogP) is 1.36. The van der Waals surface area contributed by atoms with E-state index in [9.17, 15) is 8.42 Å². The van der Waals surface area contributed by atoms with E-state index in [2.05, 4.69) is 5.32 Å². The lowest BCUT2D eigenvalue weighted by molar-refractivity contribution is 0.143. The van der Waals surface area contributed by atoms with Gasteiger partial charge in [-0.05, 0) is 32.1 Å². The Morgan fingerprint density at radius 3 is 2.72 bits per heavy atom. The lowest BCUT2D eigenvalue weighted by Crippen LogP contribution is -2.36. The van der Waals surface area contributed by atoms with Crippen molar-refractivity contribution in [3.63, 3.8) is 0 Å². The lowest BCUT2D eigenvalue weighted by Gasteiger charge is -2.27. The summed E-state index contributed by atoms with van der Waals surface area (Å²) >= 11 is 0. The number of sulfone groups is 1. The molecule has 5 heteroatoms. The summed E-state index contributed by atoms with van der Waals surface area (Å²) in [6.07, 6.45) is 5.39. The van der Waals surface area contributed by atoms with Crippen LogP contribution in [0.25, 0.3) is 0 Å². The first-order chi connectivity index (χ1) is 8.55. The van der Waals surface area contributed by atoms with Gasteiger partial charge in [0.2, 0.25) is 0 Å². The topological polar surface area (TPSA) is 55.4 Å². The van der Waals surface area contributed by atoms with Gasteiger partial charge >= 0.3 is 0 Å². The Bertz CT molecular complexity index is 356. The maximum atomic E-state index is 11.5. The maximum Gasteiger partial charge on any atom is 0.150 e. The van der Waals surface area contributed by atoms with Crippen molar-refractivity contribution in [2.45, 2.75) is 45.1 Å². The molecular weight excluding hydrogens is 250 g/mol. The van der Waals surface area contributed by atoms with E-state index < -0.39 is 9.84 Å². The van der Waals surface area contributed by atoms with Crippen LogP contribution >= 0.6 is 0 Å². The Labute approximate surface area is 110 Å². The second-order valence-corrected chi connectivity index (χ2v) is 8.27. The third-order valence-corrected chi connectivity index (χ3v) is 5.92. The van der Waals surface area contributed by atoms with E-state index in [-0.39, 0.29) is 11.2 Å². The molecule has 0 aromatic carbocycles. The molecule has 4 nitrogen and oxygen atoms in total. The van der Waals surface area contributed by atoms with Crippen molar-refractivity contribution in [1.29, 1.82) is 0 Å². The van der Waals surface area contributed by atoms with E-state index in [4.69, 9.17) is 4.74 Å². The first kappa shape index (κ1) is 14.3. The molecule has 2 rings (SSSR count). The number of nitrogens with one attached hydrogen (secondary N) is 1. The fourth-order valence-corrected chi connectivity index (χ4v) is 3.41. The van der Waals surface area contributed by atoms with Crippen LogP contribution in [0.15, 0.2) is 0 Å². The van der Waals surface area contributed by atoms with Gasteiger partial charge in [-0.1, -0.05) is 6.92 Å². The maximum absolute atomic E-state index is 11.5. The molecular formula is C13H25NO3S.